The van der Waals surface area contributed by atoms with Gasteiger partial charge in [0.15, 0.2) is 0 Å². The zero-order valence-electron chi connectivity index (χ0n) is 14.6. The van der Waals surface area contributed by atoms with Gasteiger partial charge < -0.3 is 4.90 Å². The summed E-state index contributed by atoms with van der Waals surface area (Å²) >= 11 is 5.95. The first-order valence-corrected chi connectivity index (χ1v) is 10.6. The van der Waals surface area contributed by atoms with Gasteiger partial charge in [-0.25, -0.2) is 13.4 Å². The molecule has 1 aromatic heterocycles. The number of carbonyl (C=O) groups is 1. The fraction of sp³-hybridized carbons (Fsp3) is 0.647. The van der Waals surface area contributed by atoms with Gasteiger partial charge >= 0.3 is 0 Å². The molecule has 1 aliphatic carbocycles. The zero-order valence-corrected chi connectivity index (χ0v) is 16.1. The molecule has 2 aliphatic rings. The van der Waals surface area contributed by atoms with Gasteiger partial charge in [0.2, 0.25) is 15.9 Å². The quantitative estimate of drug-likeness (QED) is 0.730. The number of aromatic nitrogens is 1. The van der Waals surface area contributed by atoms with Crippen molar-refractivity contribution < 1.29 is 13.2 Å². The maximum absolute atomic E-state index is 12.8. The summed E-state index contributed by atoms with van der Waals surface area (Å²) in [7, 11) is -3.67. The third kappa shape index (κ3) is 3.83. The summed E-state index contributed by atoms with van der Waals surface area (Å²) in [5, 5.41) is -0.0135. The molecule has 0 N–H and O–H groups in total. The average Bonchev–Trinajstić information content (AvgIpc) is 3.39. The van der Waals surface area contributed by atoms with Crippen molar-refractivity contribution in [1.29, 1.82) is 0 Å². The van der Waals surface area contributed by atoms with Gasteiger partial charge in [-0.1, -0.05) is 11.6 Å². The number of rotatable bonds is 5. The highest BCUT2D eigenvalue weighted by atomic mass is 35.5. The molecule has 1 aliphatic heterocycles. The maximum atomic E-state index is 12.8. The van der Waals surface area contributed by atoms with Crippen LogP contribution in [0.5, 0.6) is 0 Å². The first kappa shape index (κ1) is 18.6. The van der Waals surface area contributed by atoms with E-state index in [1.54, 1.807) is 6.07 Å². The number of hydrogen-bond acceptors (Lipinski definition) is 4. The summed E-state index contributed by atoms with van der Waals surface area (Å²) in [6.45, 7) is 4.75. The van der Waals surface area contributed by atoms with E-state index < -0.39 is 10.0 Å². The van der Waals surface area contributed by atoms with E-state index in [4.69, 9.17) is 11.6 Å². The molecule has 2 fully saturated rings. The fourth-order valence-corrected chi connectivity index (χ4v) is 5.36. The van der Waals surface area contributed by atoms with Gasteiger partial charge in [0.05, 0.1) is 0 Å². The number of hydrogen-bond donors (Lipinski definition) is 0. The summed E-state index contributed by atoms with van der Waals surface area (Å²) in [5.74, 6) is 0.0766. The number of halogens is 1. The summed E-state index contributed by atoms with van der Waals surface area (Å²) in [6.07, 6.45) is 4.72. The van der Waals surface area contributed by atoms with Gasteiger partial charge in [-0.2, -0.15) is 4.31 Å². The smallest absolute Gasteiger partial charge is 0.246 e. The normalized spacial score (nSPS) is 20.0. The maximum Gasteiger partial charge on any atom is 0.246 e. The van der Waals surface area contributed by atoms with Crippen LogP contribution in [-0.4, -0.2) is 53.7 Å². The number of carbonyl (C=O) groups excluding carboxylic acids is 1. The lowest BCUT2D eigenvalue weighted by Crippen LogP contribution is -2.47. The van der Waals surface area contributed by atoms with Crippen molar-refractivity contribution in [2.45, 2.75) is 56.5 Å². The second kappa shape index (κ2) is 7.21. The molecule has 0 spiro atoms. The van der Waals surface area contributed by atoms with Gasteiger partial charge in [-0.3, -0.25) is 4.79 Å². The second-order valence-electron chi connectivity index (χ2n) is 7.04. The van der Waals surface area contributed by atoms with Crippen molar-refractivity contribution >= 4 is 27.5 Å². The van der Waals surface area contributed by atoms with E-state index in [-0.39, 0.29) is 27.9 Å². The molecule has 138 valence electrons. The molecule has 1 saturated heterocycles. The van der Waals surface area contributed by atoms with Crippen molar-refractivity contribution in [2.75, 3.05) is 13.1 Å². The molecule has 0 atom stereocenters. The van der Waals surface area contributed by atoms with Crippen molar-refractivity contribution in [3.8, 4) is 0 Å². The summed E-state index contributed by atoms with van der Waals surface area (Å²) in [6, 6.07) is 3.60. The molecule has 25 heavy (non-hydrogen) atoms. The van der Waals surface area contributed by atoms with Gasteiger partial charge in [0.1, 0.15) is 10.0 Å². The Labute approximate surface area is 154 Å². The van der Waals surface area contributed by atoms with Crippen molar-refractivity contribution in [1.82, 2.24) is 14.2 Å². The van der Waals surface area contributed by atoms with Gasteiger partial charge in [0.25, 0.3) is 0 Å². The van der Waals surface area contributed by atoms with Crippen molar-refractivity contribution in [2.24, 2.45) is 5.92 Å². The number of sulfonamides is 1. The molecule has 6 nitrogen and oxygen atoms in total. The van der Waals surface area contributed by atoms with Crippen LogP contribution >= 0.6 is 11.6 Å². The largest absolute Gasteiger partial charge is 0.337 e. The minimum atomic E-state index is -3.67. The van der Waals surface area contributed by atoms with Crippen LogP contribution in [0, 0.1) is 5.92 Å². The first-order valence-electron chi connectivity index (χ1n) is 8.75. The number of pyridine rings is 1. The molecule has 3 rings (SSSR count). The lowest BCUT2D eigenvalue weighted by atomic mass is 9.96. The molecule has 0 unspecified atom stereocenters. The predicted molar refractivity (Wildman–Crippen MR) is 95.7 cm³/mol. The molecule has 8 heteroatoms. The lowest BCUT2D eigenvalue weighted by molar-refractivity contribution is -0.139. The molecule has 0 radical (unpaired) electrons. The van der Waals surface area contributed by atoms with Crippen LogP contribution < -0.4 is 0 Å². The molecule has 2 heterocycles. The second-order valence-corrected chi connectivity index (χ2v) is 9.31. The number of amides is 1. The predicted octanol–water partition coefficient (Wildman–Crippen LogP) is 2.54. The lowest BCUT2D eigenvalue weighted by Gasteiger charge is -2.35. The Bertz CT molecular complexity index is 739. The first-order chi connectivity index (χ1) is 11.8. The average molecular weight is 386 g/mol. The molecule has 0 bridgehead atoms. The van der Waals surface area contributed by atoms with Crippen molar-refractivity contribution in [3.63, 3.8) is 0 Å². The minimum Gasteiger partial charge on any atom is -0.337 e. The van der Waals surface area contributed by atoms with E-state index in [9.17, 15) is 13.2 Å². The Hall–Kier alpha value is -1.18. The third-order valence-electron chi connectivity index (χ3n) is 4.90. The summed E-state index contributed by atoms with van der Waals surface area (Å²) < 4.78 is 26.9. The highest BCUT2D eigenvalue weighted by Crippen LogP contribution is 2.33. The van der Waals surface area contributed by atoms with Gasteiger partial charge in [0, 0.05) is 37.3 Å². The van der Waals surface area contributed by atoms with Gasteiger partial charge in [-0.15, -0.1) is 0 Å². The summed E-state index contributed by atoms with van der Waals surface area (Å²) in [5.41, 5.74) is 0. The monoisotopic (exact) mass is 385 g/mol. The van der Waals surface area contributed by atoms with Crippen LogP contribution in [0.15, 0.2) is 23.2 Å². The van der Waals surface area contributed by atoms with Crippen molar-refractivity contribution in [3.05, 3.63) is 23.5 Å². The molecular weight excluding hydrogens is 362 g/mol. The van der Waals surface area contributed by atoms with E-state index in [0.717, 1.165) is 12.8 Å². The Balaban J connectivity index is 1.67. The highest BCUT2D eigenvalue weighted by molar-refractivity contribution is 7.89. The Morgan fingerprint density at radius 3 is 2.44 bits per heavy atom. The molecule has 1 amide bonds. The Morgan fingerprint density at radius 1 is 1.28 bits per heavy atom. The highest BCUT2D eigenvalue weighted by Gasteiger charge is 2.40. The summed E-state index contributed by atoms with van der Waals surface area (Å²) in [4.78, 5) is 18.7. The standard InChI is InChI=1S/C17H24ClN3O3S/c1-12(2)21(14-5-6-14)17(22)13-7-10-20(11-8-13)25(23,24)15-4-3-9-19-16(15)18/h3-4,9,12-14H,5-8,10-11H2,1-2H3. The van der Waals surface area contributed by atoms with Crippen LogP contribution in [0.3, 0.4) is 0 Å². The Morgan fingerprint density at radius 2 is 1.92 bits per heavy atom. The van der Waals surface area contributed by atoms with Crippen LogP contribution in [0.2, 0.25) is 5.15 Å². The van der Waals surface area contributed by atoms with E-state index in [2.05, 4.69) is 4.98 Å². The van der Waals surface area contributed by atoms with Crippen LogP contribution in [0.25, 0.3) is 0 Å². The Kier molecular flexibility index (Phi) is 5.37. The SMILES string of the molecule is CC(C)N(C(=O)C1CCN(S(=O)(=O)c2cccnc2Cl)CC1)C1CC1. The molecule has 1 aromatic rings. The molecular formula is C17H24ClN3O3S. The van der Waals surface area contributed by atoms with Crippen LogP contribution in [-0.2, 0) is 14.8 Å². The third-order valence-corrected chi connectivity index (χ3v) is 7.24. The van der Waals surface area contributed by atoms with Crippen LogP contribution in [0.4, 0.5) is 0 Å². The number of nitrogens with zero attached hydrogens (tertiary/aromatic N) is 3. The minimum absolute atomic E-state index is 0.0135. The zero-order chi connectivity index (χ0) is 18.2. The van der Waals surface area contributed by atoms with Crippen LogP contribution in [0.1, 0.15) is 39.5 Å². The molecule has 1 saturated carbocycles. The van der Waals surface area contributed by atoms with E-state index in [1.165, 1.54) is 16.6 Å². The van der Waals surface area contributed by atoms with E-state index >= 15 is 0 Å². The van der Waals surface area contributed by atoms with E-state index in [0.29, 0.717) is 32.0 Å². The van der Waals surface area contributed by atoms with Gasteiger partial charge in [-0.05, 0) is 51.7 Å². The topological polar surface area (TPSA) is 70.6 Å². The number of piperidine rings is 1. The fourth-order valence-electron chi connectivity index (χ4n) is 3.47. The van der Waals surface area contributed by atoms with E-state index in [1.807, 2.05) is 18.7 Å². The molecule has 0 aromatic carbocycles.